The summed E-state index contributed by atoms with van der Waals surface area (Å²) in [5.41, 5.74) is 2.34. The van der Waals surface area contributed by atoms with E-state index in [1.165, 1.54) is 12.4 Å². The van der Waals surface area contributed by atoms with E-state index in [1.54, 1.807) is 0 Å². The molecule has 0 radical (unpaired) electrons. The first-order chi connectivity index (χ1) is 17.2. The van der Waals surface area contributed by atoms with E-state index in [9.17, 15) is 8.78 Å². The molecule has 4 aromatic rings. The van der Waals surface area contributed by atoms with Crippen molar-refractivity contribution in [3.8, 4) is 17.1 Å². The minimum atomic E-state index is -2.38. The molecule has 0 spiro atoms. The maximum absolute atomic E-state index is 12.5. The fourth-order valence-corrected chi connectivity index (χ4v) is 5.02. The maximum Gasteiger partial charge on any atom is 0.250 e. The van der Waals surface area contributed by atoms with E-state index in [0.29, 0.717) is 51.7 Å². The molecule has 2 N–H and O–H groups in total. The normalized spacial score (nSPS) is 15.8. The van der Waals surface area contributed by atoms with Crippen LogP contribution in [0.5, 0.6) is 5.75 Å². The van der Waals surface area contributed by atoms with Crippen LogP contribution >= 0.6 is 23.2 Å². The summed E-state index contributed by atoms with van der Waals surface area (Å²) in [5, 5.41) is 20.7. The number of aromatic amines is 1. The monoisotopic (exact) mass is 533 g/mol. The molecule has 36 heavy (non-hydrogen) atoms. The minimum absolute atomic E-state index is 0.325. The zero-order valence-electron chi connectivity index (χ0n) is 19.5. The maximum atomic E-state index is 12.5. The second-order valence-electron chi connectivity index (χ2n) is 9.02. The van der Waals surface area contributed by atoms with Gasteiger partial charge in [-0.05, 0) is 44.2 Å². The highest BCUT2D eigenvalue weighted by Gasteiger charge is 2.39. The third kappa shape index (κ3) is 4.93. The van der Waals surface area contributed by atoms with Crippen LogP contribution in [0, 0.1) is 0 Å². The number of halogens is 4. The second-order valence-corrected chi connectivity index (χ2v) is 9.84. The molecule has 1 fully saturated rings. The molecule has 1 aliphatic rings. The Kier molecular flexibility index (Phi) is 6.67. The number of benzene rings is 1. The topological polar surface area (TPSA) is 91.8 Å². The molecule has 5 rings (SSSR count). The molecule has 0 bridgehead atoms. The van der Waals surface area contributed by atoms with Gasteiger partial charge in [0.05, 0.1) is 27.6 Å². The van der Waals surface area contributed by atoms with Crippen LogP contribution < -0.4 is 15.0 Å². The van der Waals surface area contributed by atoms with Gasteiger partial charge in [0.2, 0.25) is 0 Å². The fraction of sp³-hybridized carbons (Fsp3) is 0.333. The summed E-state index contributed by atoms with van der Waals surface area (Å²) in [6.07, 6.45) is 0.280. The number of anilines is 1. The number of fused-ring (bicyclic) bond motifs is 1. The number of aromatic nitrogens is 5. The van der Waals surface area contributed by atoms with Gasteiger partial charge in [0.1, 0.15) is 23.2 Å². The number of rotatable bonds is 8. The minimum Gasteiger partial charge on any atom is -0.486 e. The lowest BCUT2D eigenvalue weighted by Crippen LogP contribution is -2.68. The molecule has 0 unspecified atom stereocenters. The standard InChI is InChI=1S/C24H23Cl2F2N7O/c1-13(22-16(25)8-29-9-17(22)26)36-14-3-4-18-15(7-14)23(34-31-18)19-5-6-21(33-32-19)35-11-24(2,12-35)30-10-20(27)28/h3-9,13,20,30H,10-12H2,1-2H3,(H,31,34)/t13-/m1/s1. The van der Waals surface area contributed by atoms with Crippen LogP contribution in [0.1, 0.15) is 25.5 Å². The van der Waals surface area contributed by atoms with Crippen LogP contribution in [0.15, 0.2) is 42.7 Å². The summed E-state index contributed by atoms with van der Waals surface area (Å²) in [5.74, 6) is 1.29. The SMILES string of the molecule is C[C@@H](Oc1ccc2[nH]nc(-c3ccc(N4CC(C)(NCC(F)F)C4)nn3)c2c1)c1c(Cl)cncc1Cl. The number of hydrogen-bond donors (Lipinski definition) is 2. The molecule has 4 heterocycles. The number of nitrogens with zero attached hydrogens (tertiary/aromatic N) is 5. The van der Waals surface area contributed by atoms with Crippen molar-refractivity contribution in [2.75, 3.05) is 24.5 Å². The highest BCUT2D eigenvalue weighted by atomic mass is 35.5. The van der Waals surface area contributed by atoms with Gasteiger partial charge in [-0.25, -0.2) is 8.78 Å². The van der Waals surface area contributed by atoms with E-state index in [4.69, 9.17) is 27.9 Å². The molecule has 1 aromatic carbocycles. The molecular formula is C24H23Cl2F2N7O. The molecule has 3 aromatic heterocycles. The van der Waals surface area contributed by atoms with Crippen molar-refractivity contribution in [3.63, 3.8) is 0 Å². The first kappa shape index (κ1) is 24.6. The van der Waals surface area contributed by atoms with Crippen molar-refractivity contribution in [1.82, 2.24) is 30.7 Å². The third-order valence-electron chi connectivity index (χ3n) is 6.12. The third-order valence-corrected chi connectivity index (χ3v) is 6.73. The predicted octanol–water partition coefficient (Wildman–Crippen LogP) is 5.30. The van der Waals surface area contributed by atoms with Crippen LogP contribution in [0.2, 0.25) is 10.0 Å². The lowest BCUT2D eigenvalue weighted by molar-refractivity contribution is 0.124. The summed E-state index contributed by atoms with van der Waals surface area (Å²) in [7, 11) is 0. The molecule has 1 aliphatic heterocycles. The summed E-state index contributed by atoms with van der Waals surface area (Å²) in [4.78, 5) is 5.97. The Hall–Kier alpha value is -3.08. The largest absolute Gasteiger partial charge is 0.486 e. The van der Waals surface area contributed by atoms with E-state index in [2.05, 4.69) is 30.7 Å². The average Bonchev–Trinajstić information content (AvgIpc) is 3.24. The van der Waals surface area contributed by atoms with Gasteiger partial charge in [-0.1, -0.05) is 23.2 Å². The molecule has 0 amide bonds. The van der Waals surface area contributed by atoms with Gasteiger partial charge in [0, 0.05) is 36.4 Å². The molecule has 0 saturated carbocycles. The first-order valence-electron chi connectivity index (χ1n) is 11.3. The van der Waals surface area contributed by atoms with Crippen LogP contribution in [0.3, 0.4) is 0 Å². The Balaban J connectivity index is 1.32. The van der Waals surface area contributed by atoms with E-state index >= 15 is 0 Å². The number of ether oxygens (including phenoxy) is 1. The van der Waals surface area contributed by atoms with Crippen molar-refractivity contribution in [3.05, 3.63) is 58.3 Å². The van der Waals surface area contributed by atoms with Crippen LogP contribution in [-0.2, 0) is 0 Å². The smallest absolute Gasteiger partial charge is 0.250 e. The highest BCUT2D eigenvalue weighted by molar-refractivity contribution is 6.35. The number of nitrogens with one attached hydrogen (secondary N) is 2. The van der Waals surface area contributed by atoms with Crippen LogP contribution in [-0.4, -0.2) is 57.0 Å². The molecule has 0 aliphatic carbocycles. The zero-order valence-corrected chi connectivity index (χ0v) is 21.0. The zero-order chi connectivity index (χ0) is 25.4. The van der Waals surface area contributed by atoms with Crippen molar-refractivity contribution in [2.24, 2.45) is 0 Å². The van der Waals surface area contributed by atoms with Crippen molar-refractivity contribution >= 4 is 39.9 Å². The molecule has 188 valence electrons. The van der Waals surface area contributed by atoms with Gasteiger partial charge in [-0.15, -0.1) is 10.2 Å². The van der Waals surface area contributed by atoms with Crippen LogP contribution in [0.25, 0.3) is 22.3 Å². The summed E-state index contributed by atoms with van der Waals surface area (Å²) >= 11 is 12.5. The average molecular weight is 534 g/mol. The number of H-pyrrole nitrogens is 1. The van der Waals surface area contributed by atoms with Gasteiger partial charge >= 0.3 is 0 Å². The van der Waals surface area contributed by atoms with Crippen LogP contribution in [0.4, 0.5) is 14.6 Å². The van der Waals surface area contributed by atoms with Crippen molar-refractivity contribution in [2.45, 2.75) is 31.9 Å². The lowest BCUT2D eigenvalue weighted by atomic mass is 9.92. The molecule has 8 nitrogen and oxygen atoms in total. The van der Waals surface area contributed by atoms with Gasteiger partial charge < -0.3 is 15.0 Å². The number of hydrogen-bond acceptors (Lipinski definition) is 7. The lowest BCUT2D eigenvalue weighted by Gasteiger charge is -2.49. The highest BCUT2D eigenvalue weighted by Crippen LogP contribution is 2.35. The van der Waals surface area contributed by atoms with Gasteiger partial charge in [-0.3, -0.25) is 10.1 Å². The number of pyridine rings is 1. The Morgan fingerprint density at radius 3 is 2.56 bits per heavy atom. The Morgan fingerprint density at radius 1 is 1.14 bits per heavy atom. The molecule has 1 saturated heterocycles. The second kappa shape index (κ2) is 9.76. The van der Waals surface area contributed by atoms with E-state index in [0.717, 1.165) is 10.9 Å². The fourth-order valence-electron chi connectivity index (χ4n) is 4.35. The molecular weight excluding hydrogens is 511 g/mol. The first-order valence-corrected chi connectivity index (χ1v) is 12.0. The Labute approximate surface area is 216 Å². The Bertz CT molecular complexity index is 1360. The van der Waals surface area contributed by atoms with Crippen molar-refractivity contribution < 1.29 is 13.5 Å². The van der Waals surface area contributed by atoms with E-state index in [1.807, 2.05) is 49.1 Å². The quantitative estimate of drug-likeness (QED) is 0.317. The van der Waals surface area contributed by atoms with Gasteiger partial charge in [0.15, 0.2) is 5.82 Å². The van der Waals surface area contributed by atoms with Crippen molar-refractivity contribution in [1.29, 1.82) is 0 Å². The molecule has 12 heteroatoms. The van der Waals surface area contributed by atoms with Gasteiger partial charge in [0.25, 0.3) is 6.43 Å². The summed E-state index contributed by atoms with van der Waals surface area (Å²) in [6.45, 7) is 4.60. The predicted molar refractivity (Wildman–Crippen MR) is 135 cm³/mol. The summed E-state index contributed by atoms with van der Waals surface area (Å²) in [6, 6.07) is 9.28. The van der Waals surface area contributed by atoms with Gasteiger partial charge in [-0.2, -0.15) is 5.10 Å². The van der Waals surface area contributed by atoms with E-state index < -0.39 is 12.5 Å². The summed E-state index contributed by atoms with van der Waals surface area (Å²) < 4.78 is 31.1. The molecule has 1 atom stereocenters. The number of alkyl halides is 2. The Morgan fingerprint density at radius 2 is 1.89 bits per heavy atom. The van der Waals surface area contributed by atoms with E-state index in [-0.39, 0.29) is 12.1 Å².